The monoisotopic (exact) mass is 303 g/mol. The summed E-state index contributed by atoms with van der Waals surface area (Å²) >= 11 is 3.41. The number of piperidine rings is 1. The van der Waals surface area contributed by atoms with Gasteiger partial charge < -0.3 is 4.90 Å². The van der Waals surface area contributed by atoms with Crippen LogP contribution < -0.4 is 0 Å². The first kappa shape index (κ1) is 13.6. The van der Waals surface area contributed by atoms with Gasteiger partial charge in [-0.1, -0.05) is 6.07 Å². The number of rotatable bonds is 3. The second kappa shape index (κ2) is 6.37. The van der Waals surface area contributed by atoms with Crippen LogP contribution in [0.25, 0.3) is 6.08 Å². The van der Waals surface area contributed by atoms with E-state index in [-0.39, 0.29) is 5.91 Å². The van der Waals surface area contributed by atoms with Crippen LogP contribution in [0.15, 0.2) is 40.4 Å². The van der Waals surface area contributed by atoms with E-state index in [1.165, 1.54) is 5.56 Å². The molecule has 0 N–H and O–H groups in total. The summed E-state index contributed by atoms with van der Waals surface area (Å²) in [7, 11) is 0. The fourth-order valence-corrected chi connectivity index (χ4v) is 3.95. The fraction of sp³-hybridized carbons (Fsp3) is 0.312. The summed E-state index contributed by atoms with van der Waals surface area (Å²) in [6, 6.07) is 6.24. The van der Waals surface area contributed by atoms with Gasteiger partial charge in [0.2, 0.25) is 5.91 Å². The molecule has 2 aromatic rings. The van der Waals surface area contributed by atoms with E-state index in [0.29, 0.717) is 5.92 Å². The Morgan fingerprint density at radius 1 is 1.25 bits per heavy atom. The molecule has 2 aromatic heterocycles. The maximum absolute atomic E-state index is 12.1. The molecule has 1 aliphatic heterocycles. The number of hydrogen-bond acceptors (Lipinski definition) is 3. The molecule has 1 fully saturated rings. The maximum atomic E-state index is 12.1. The van der Waals surface area contributed by atoms with Crippen molar-refractivity contribution in [2.45, 2.75) is 18.8 Å². The predicted octanol–water partition coefficient (Wildman–Crippen LogP) is 4.23. The van der Waals surface area contributed by atoms with Gasteiger partial charge in [0.15, 0.2) is 0 Å². The number of carbonyl (C=O) groups excluding carboxylic acids is 1. The molecule has 1 aliphatic rings. The Bertz CT molecular complexity index is 564. The van der Waals surface area contributed by atoms with Crippen LogP contribution in [-0.2, 0) is 4.79 Å². The second-order valence-electron chi connectivity index (χ2n) is 5.00. The Labute approximate surface area is 127 Å². The SMILES string of the molecule is O=C(C=Cc1cccs1)N1CCC(c2ccsc2)CC1. The molecule has 3 heterocycles. The summed E-state index contributed by atoms with van der Waals surface area (Å²) in [5.74, 6) is 0.772. The molecule has 1 saturated heterocycles. The van der Waals surface area contributed by atoms with E-state index in [1.807, 2.05) is 28.5 Å². The Morgan fingerprint density at radius 3 is 2.75 bits per heavy atom. The highest BCUT2D eigenvalue weighted by molar-refractivity contribution is 7.10. The summed E-state index contributed by atoms with van der Waals surface area (Å²) in [5.41, 5.74) is 1.44. The van der Waals surface area contributed by atoms with Crippen molar-refractivity contribution >= 4 is 34.7 Å². The van der Waals surface area contributed by atoms with Crippen LogP contribution in [0.4, 0.5) is 0 Å². The zero-order chi connectivity index (χ0) is 13.8. The molecule has 0 aromatic carbocycles. The quantitative estimate of drug-likeness (QED) is 0.777. The van der Waals surface area contributed by atoms with Crippen LogP contribution in [0.3, 0.4) is 0 Å². The van der Waals surface area contributed by atoms with Crippen LogP contribution in [0.5, 0.6) is 0 Å². The van der Waals surface area contributed by atoms with Crippen LogP contribution in [0.1, 0.15) is 29.2 Å². The lowest BCUT2D eigenvalue weighted by atomic mass is 9.91. The number of nitrogens with zero attached hydrogens (tertiary/aromatic N) is 1. The molecule has 4 heteroatoms. The van der Waals surface area contributed by atoms with Crippen molar-refractivity contribution in [2.75, 3.05) is 13.1 Å². The van der Waals surface area contributed by atoms with E-state index in [1.54, 1.807) is 28.7 Å². The lowest BCUT2D eigenvalue weighted by molar-refractivity contribution is -0.126. The predicted molar refractivity (Wildman–Crippen MR) is 86.2 cm³/mol. The first-order valence-corrected chi connectivity index (χ1v) is 8.68. The average molecular weight is 303 g/mol. The average Bonchev–Trinajstić information content (AvgIpc) is 3.18. The van der Waals surface area contributed by atoms with Crippen molar-refractivity contribution in [1.82, 2.24) is 4.90 Å². The van der Waals surface area contributed by atoms with Crippen LogP contribution >= 0.6 is 22.7 Å². The molecule has 0 bridgehead atoms. The normalized spacial score (nSPS) is 16.9. The van der Waals surface area contributed by atoms with Gasteiger partial charge in [-0.2, -0.15) is 11.3 Å². The largest absolute Gasteiger partial charge is 0.339 e. The number of amides is 1. The Morgan fingerprint density at radius 2 is 2.10 bits per heavy atom. The van der Waals surface area contributed by atoms with Crippen LogP contribution in [-0.4, -0.2) is 23.9 Å². The van der Waals surface area contributed by atoms with Crippen molar-refractivity contribution < 1.29 is 4.79 Å². The van der Waals surface area contributed by atoms with E-state index < -0.39 is 0 Å². The van der Waals surface area contributed by atoms with Gasteiger partial charge >= 0.3 is 0 Å². The maximum Gasteiger partial charge on any atom is 0.246 e. The van der Waals surface area contributed by atoms with Gasteiger partial charge in [-0.25, -0.2) is 0 Å². The third-order valence-electron chi connectivity index (χ3n) is 3.75. The highest BCUT2D eigenvalue weighted by Crippen LogP contribution is 2.29. The molecular formula is C16H17NOS2. The van der Waals surface area contributed by atoms with Crippen molar-refractivity contribution in [2.24, 2.45) is 0 Å². The summed E-state index contributed by atoms with van der Waals surface area (Å²) < 4.78 is 0. The molecule has 1 amide bonds. The lowest BCUT2D eigenvalue weighted by Crippen LogP contribution is -2.36. The zero-order valence-corrected chi connectivity index (χ0v) is 12.8. The van der Waals surface area contributed by atoms with Gasteiger partial charge in [-0.3, -0.25) is 4.79 Å². The molecule has 0 aliphatic carbocycles. The van der Waals surface area contributed by atoms with Gasteiger partial charge in [0.1, 0.15) is 0 Å². The van der Waals surface area contributed by atoms with E-state index in [0.717, 1.165) is 30.8 Å². The molecule has 0 radical (unpaired) electrons. The van der Waals surface area contributed by atoms with Crippen molar-refractivity contribution in [3.05, 3.63) is 50.9 Å². The molecule has 0 atom stereocenters. The molecule has 0 spiro atoms. The number of likely N-dealkylation sites (tertiary alicyclic amines) is 1. The first-order valence-electron chi connectivity index (χ1n) is 6.85. The molecule has 0 saturated carbocycles. The minimum absolute atomic E-state index is 0.141. The number of thiophene rings is 2. The first-order chi connectivity index (χ1) is 9.83. The summed E-state index contributed by atoms with van der Waals surface area (Å²) in [6.45, 7) is 1.74. The molecular weight excluding hydrogens is 286 g/mol. The summed E-state index contributed by atoms with van der Waals surface area (Å²) in [5, 5.41) is 6.39. The highest BCUT2D eigenvalue weighted by Gasteiger charge is 2.22. The van der Waals surface area contributed by atoms with Crippen molar-refractivity contribution in [3.63, 3.8) is 0 Å². The van der Waals surface area contributed by atoms with Crippen LogP contribution in [0, 0.1) is 0 Å². The minimum Gasteiger partial charge on any atom is -0.339 e. The van der Waals surface area contributed by atoms with Gasteiger partial charge in [0.25, 0.3) is 0 Å². The van der Waals surface area contributed by atoms with E-state index in [9.17, 15) is 4.79 Å². The van der Waals surface area contributed by atoms with Crippen molar-refractivity contribution in [1.29, 1.82) is 0 Å². The number of hydrogen-bond donors (Lipinski definition) is 0. The molecule has 20 heavy (non-hydrogen) atoms. The summed E-state index contributed by atoms with van der Waals surface area (Å²) in [4.78, 5) is 15.2. The zero-order valence-electron chi connectivity index (χ0n) is 11.2. The van der Waals surface area contributed by atoms with E-state index in [2.05, 4.69) is 16.8 Å². The Hall–Kier alpha value is -1.39. The standard InChI is InChI=1S/C16H17NOS2/c18-16(4-3-15-2-1-10-20-15)17-8-5-13(6-9-17)14-7-11-19-12-14/h1-4,7,10-13H,5-6,8-9H2. The third kappa shape index (κ3) is 3.19. The minimum atomic E-state index is 0.141. The van der Waals surface area contributed by atoms with E-state index in [4.69, 9.17) is 0 Å². The molecule has 2 nitrogen and oxygen atoms in total. The van der Waals surface area contributed by atoms with Gasteiger partial charge in [-0.15, -0.1) is 11.3 Å². The molecule has 104 valence electrons. The third-order valence-corrected chi connectivity index (χ3v) is 5.29. The lowest BCUT2D eigenvalue weighted by Gasteiger charge is -2.31. The van der Waals surface area contributed by atoms with Gasteiger partial charge in [0.05, 0.1) is 0 Å². The molecule has 0 unspecified atom stereocenters. The van der Waals surface area contributed by atoms with Crippen molar-refractivity contribution in [3.8, 4) is 0 Å². The van der Waals surface area contributed by atoms with Gasteiger partial charge in [-0.05, 0) is 58.7 Å². The fourth-order valence-electron chi connectivity index (χ4n) is 2.59. The Kier molecular flexibility index (Phi) is 4.33. The second-order valence-corrected chi connectivity index (χ2v) is 6.76. The summed E-state index contributed by atoms with van der Waals surface area (Å²) in [6.07, 6.45) is 5.78. The topological polar surface area (TPSA) is 20.3 Å². The highest BCUT2D eigenvalue weighted by atomic mass is 32.1. The van der Waals surface area contributed by atoms with E-state index >= 15 is 0 Å². The number of carbonyl (C=O) groups is 1. The van der Waals surface area contributed by atoms with Crippen LogP contribution in [0.2, 0.25) is 0 Å². The Balaban J connectivity index is 1.54. The smallest absolute Gasteiger partial charge is 0.246 e. The van der Waals surface area contributed by atoms with Gasteiger partial charge in [0, 0.05) is 24.0 Å². The molecule has 3 rings (SSSR count).